The summed E-state index contributed by atoms with van der Waals surface area (Å²) in [5.41, 5.74) is 0. The third kappa shape index (κ3) is 6.01. The van der Waals surface area contributed by atoms with E-state index in [9.17, 15) is 13.2 Å². The third-order valence-electron chi connectivity index (χ3n) is 0.814. The van der Waals surface area contributed by atoms with Gasteiger partial charge in [0.05, 0.1) is 0 Å². The molecular weight excluding hydrogens is 133 g/mol. The first-order valence-corrected chi connectivity index (χ1v) is 5.04. The van der Waals surface area contributed by atoms with Crippen LogP contribution in [0.4, 0.5) is 13.2 Å². The SMILES string of the molecule is C[SiH2]CCC(F)(F)F. The zero-order valence-electron chi connectivity index (χ0n) is 4.76. The molecule has 0 nitrogen and oxygen atoms in total. The predicted octanol–water partition coefficient (Wildman–Crippen LogP) is 1.57. The fourth-order valence-electron chi connectivity index (χ4n) is 0.377. The first kappa shape index (κ1) is 8.01. The van der Waals surface area contributed by atoms with Gasteiger partial charge in [0.25, 0.3) is 0 Å². The number of hydrogen-bond donors (Lipinski definition) is 0. The lowest BCUT2D eigenvalue weighted by Crippen LogP contribution is -2.06. The van der Waals surface area contributed by atoms with Gasteiger partial charge in [0, 0.05) is 15.9 Å². The Kier molecular flexibility index (Phi) is 3.12. The van der Waals surface area contributed by atoms with Gasteiger partial charge in [-0.15, -0.1) is 0 Å². The van der Waals surface area contributed by atoms with Crippen LogP contribution in [0.25, 0.3) is 0 Å². The minimum absolute atomic E-state index is 0.386. The van der Waals surface area contributed by atoms with E-state index in [1.807, 2.05) is 6.55 Å². The first-order chi connectivity index (χ1) is 3.56. The van der Waals surface area contributed by atoms with Gasteiger partial charge in [-0.3, -0.25) is 0 Å². The van der Waals surface area contributed by atoms with Crippen LogP contribution >= 0.6 is 0 Å². The lowest BCUT2D eigenvalue weighted by atomic mass is 10.5. The van der Waals surface area contributed by atoms with Crippen LogP contribution in [0.2, 0.25) is 12.6 Å². The van der Waals surface area contributed by atoms with Gasteiger partial charge in [-0.05, 0) is 0 Å². The molecule has 0 saturated heterocycles. The minimum Gasteiger partial charge on any atom is -0.171 e. The van der Waals surface area contributed by atoms with Crippen molar-refractivity contribution in [2.24, 2.45) is 0 Å². The molecule has 0 N–H and O–H groups in total. The molecule has 0 aliphatic rings. The molecule has 8 heavy (non-hydrogen) atoms. The van der Waals surface area contributed by atoms with Gasteiger partial charge in [-0.25, -0.2) is 0 Å². The molecule has 0 spiro atoms. The molecule has 0 bridgehead atoms. The fourth-order valence-corrected chi connectivity index (χ4v) is 1.13. The van der Waals surface area contributed by atoms with Crippen LogP contribution in [0, 0.1) is 0 Å². The lowest BCUT2D eigenvalue weighted by Gasteiger charge is -2.01. The van der Waals surface area contributed by atoms with E-state index in [-0.39, 0.29) is 9.52 Å². The Balaban J connectivity index is 3.11. The van der Waals surface area contributed by atoms with Crippen molar-refractivity contribution in [3.8, 4) is 0 Å². The summed E-state index contributed by atoms with van der Waals surface area (Å²) in [6.07, 6.45) is -4.49. The Morgan fingerprint density at radius 2 is 1.88 bits per heavy atom. The van der Waals surface area contributed by atoms with E-state index >= 15 is 0 Å². The van der Waals surface area contributed by atoms with Crippen LogP contribution in [0.5, 0.6) is 0 Å². The molecule has 50 valence electrons. The molecule has 0 heterocycles. The second-order valence-electron chi connectivity index (χ2n) is 1.72. The van der Waals surface area contributed by atoms with E-state index in [0.717, 1.165) is 0 Å². The van der Waals surface area contributed by atoms with E-state index in [1.54, 1.807) is 0 Å². The normalized spacial score (nSPS) is 13.5. The molecular formula is C4H9F3Si. The molecule has 0 fully saturated rings. The highest BCUT2D eigenvalue weighted by atomic mass is 28.2. The Morgan fingerprint density at radius 1 is 1.38 bits per heavy atom. The lowest BCUT2D eigenvalue weighted by molar-refractivity contribution is -0.130. The van der Waals surface area contributed by atoms with Gasteiger partial charge >= 0.3 is 6.18 Å². The maximum Gasteiger partial charge on any atom is 0.388 e. The second kappa shape index (κ2) is 3.12. The van der Waals surface area contributed by atoms with Crippen molar-refractivity contribution in [3.63, 3.8) is 0 Å². The van der Waals surface area contributed by atoms with E-state index < -0.39 is 12.6 Å². The molecule has 0 aliphatic heterocycles. The molecule has 0 aromatic carbocycles. The molecule has 0 aromatic rings. The van der Waals surface area contributed by atoms with Crippen LogP contribution < -0.4 is 0 Å². The molecule has 0 radical (unpaired) electrons. The van der Waals surface area contributed by atoms with Crippen LogP contribution in [-0.2, 0) is 0 Å². The summed E-state index contributed by atoms with van der Waals surface area (Å²) >= 11 is 0. The van der Waals surface area contributed by atoms with Crippen LogP contribution in [0.15, 0.2) is 0 Å². The molecule has 0 aliphatic carbocycles. The zero-order valence-corrected chi connectivity index (χ0v) is 6.17. The van der Waals surface area contributed by atoms with Gasteiger partial charge in [0.1, 0.15) is 0 Å². The van der Waals surface area contributed by atoms with Crippen LogP contribution in [-0.4, -0.2) is 15.7 Å². The number of alkyl halides is 3. The highest BCUT2D eigenvalue weighted by Crippen LogP contribution is 2.20. The quantitative estimate of drug-likeness (QED) is 0.513. The molecule has 0 unspecified atom stereocenters. The van der Waals surface area contributed by atoms with Gasteiger partial charge in [0.2, 0.25) is 0 Å². The number of halogens is 3. The monoisotopic (exact) mass is 142 g/mol. The summed E-state index contributed by atoms with van der Waals surface area (Å²) < 4.78 is 33.8. The van der Waals surface area contributed by atoms with Crippen LogP contribution in [0.3, 0.4) is 0 Å². The molecule has 0 saturated carbocycles. The second-order valence-corrected chi connectivity index (χ2v) is 3.43. The van der Waals surface area contributed by atoms with E-state index in [0.29, 0.717) is 6.04 Å². The van der Waals surface area contributed by atoms with Crippen molar-refractivity contribution >= 4 is 9.52 Å². The summed E-state index contributed by atoms with van der Waals surface area (Å²) in [7, 11) is -0.386. The number of hydrogen-bond acceptors (Lipinski definition) is 0. The Hall–Kier alpha value is 0.00688. The van der Waals surface area contributed by atoms with E-state index in [2.05, 4.69) is 0 Å². The van der Waals surface area contributed by atoms with Crippen molar-refractivity contribution in [2.75, 3.05) is 0 Å². The zero-order chi connectivity index (χ0) is 6.62. The minimum atomic E-state index is -3.91. The summed E-state index contributed by atoms with van der Waals surface area (Å²) in [4.78, 5) is 0. The van der Waals surface area contributed by atoms with Crippen molar-refractivity contribution in [1.82, 2.24) is 0 Å². The topological polar surface area (TPSA) is 0 Å². The highest BCUT2D eigenvalue weighted by molar-refractivity contribution is 6.33. The molecule has 0 atom stereocenters. The van der Waals surface area contributed by atoms with Crippen LogP contribution in [0.1, 0.15) is 6.42 Å². The van der Waals surface area contributed by atoms with Crippen molar-refractivity contribution in [1.29, 1.82) is 0 Å². The molecule has 4 heteroatoms. The average molecular weight is 142 g/mol. The summed E-state index contributed by atoms with van der Waals surface area (Å²) in [6, 6.07) is 0.392. The van der Waals surface area contributed by atoms with Gasteiger partial charge in [0.15, 0.2) is 0 Å². The van der Waals surface area contributed by atoms with Crippen molar-refractivity contribution in [3.05, 3.63) is 0 Å². The van der Waals surface area contributed by atoms with E-state index in [4.69, 9.17) is 0 Å². The van der Waals surface area contributed by atoms with Crippen molar-refractivity contribution < 1.29 is 13.2 Å². The summed E-state index contributed by atoms with van der Waals surface area (Å²) in [5.74, 6) is 0. The standard InChI is InChI=1S/C4H9F3Si/c1-8-3-2-4(5,6)7/h2-3,8H2,1H3. The highest BCUT2D eigenvalue weighted by Gasteiger charge is 2.25. The first-order valence-electron chi connectivity index (χ1n) is 2.63. The number of rotatable bonds is 2. The van der Waals surface area contributed by atoms with E-state index in [1.165, 1.54) is 0 Å². The smallest absolute Gasteiger partial charge is 0.171 e. The third-order valence-corrected chi connectivity index (χ3v) is 1.87. The Morgan fingerprint density at radius 3 is 2.00 bits per heavy atom. The largest absolute Gasteiger partial charge is 0.388 e. The Bertz CT molecular complexity index is 58.8. The maximum absolute atomic E-state index is 11.3. The Labute approximate surface area is 48.9 Å². The predicted molar refractivity (Wildman–Crippen MR) is 29.9 cm³/mol. The summed E-state index contributed by atoms with van der Waals surface area (Å²) in [5, 5.41) is 0. The van der Waals surface area contributed by atoms with Gasteiger partial charge in [-0.2, -0.15) is 13.2 Å². The van der Waals surface area contributed by atoms with Gasteiger partial charge < -0.3 is 0 Å². The molecule has 0 aromatic heterocycles. The molecule has 0 rings (SSSR count). The molecule has 0 amide bonds. The van der Waals surface area contributed by atoms with Gasteiger partial charge in [-0.1, -0.05) is 12.6 Å². The average Bonchev–Trinajstić information content (AvgIpc) is 1.59. The maximum atomic E-state index is 11.3. The van der Waals surface area contributed by atoms with Crippen molar-refractivity contribution in [2.45, 2.75) is 25.2 Å². The summed E-state index contributed by atoms with van der Waals surface area (Å²) in [6.45, 7) is 1.88. The fraction of sp³-hybridized carbons (Fsp3) is 1.00.